The van der Waals surface area contributed by atoms with E-state index in [0.29, 0.717) is 31.4 Å². The summed E-state index contributed by atoms with van der Waals surface area (Å²) < 4.78 is 25.0. The molecule has 0 saturated carbocycles. The number of rotatable bonds is 6. The first-order chi connectivity index (χ1) is 11.5. The molecule has 0 radical (unpaired) electrons. The van der Waals surface area contributed by atoms with Gasteiger partial charge in [0.05, 0.1) is 5.75 Å². The summed E-state index contributed by atoms with van der Waals surface area (Å²) in [6.07, 6.45) is 3.45. The Morgan fingerprint density at radius 2 is 2.12 bits per heavy atom. The van der Waals surface area contributed by atoms with E-state index in [-0.39, 0.29) is 5.75 Å². The number of nitrogens with one attached hydrogen (secondary N) is 1. The first kappa shape index (κ1) is 16.8. The van der Waals surface area contributed by atoms with Gasteiger partial charge in [0.15, 0.2) is 5.82 Å². The highest BCUT2D eigenvalue weighted by Gasteiger charge is 2.34. The van der Waals surface area contributed by atoms with Gasteiger partial charge in [-0.15, -0.1) is 0 Å². The predicted octanol–water partition coefficient (Wildman–Crippen LogP) is 1.54. The molecule has 0 spiro atoms. The van der Waals surface area contributed by atoms with Gasteiger partial charge in [-0.3, -0.25) is 4.98 Å². The van der Waals surface area contributed by atoms with Crippen LogP contribution in [0, 0.1) is 12.8 Å². The first-order valence-corrected chi connectivity index (χ1v) is 9.56. The molecule has 1 N–H and O–H groups in total. The zero-order chi connectivity index (χ0) is 17.2. The quantitative estimate of drug-likeness (QED) is 0.853. The van der Waals surface area contributed by atoms with Crippen LogP contribution in [-0.2, 0) is 10.0 Å². The third-order valence-corrected chi connectivity index (χ3v) is 5.84. The largest absolute Gasteiger partial charge is 0.370 e. The number of sulfonamides is 1. The van der Waals surface area contributed by atoms with E-state index in [1.807, 2.05) is 25.1 Å². The van der Waals surface area contributed by atoms with Crippen molar-refractivity contribution in [1.82, 2.24) is 19.3 Å². The van der Waals surface area contributed by atoms with Crippen LogP contribution >= 0.6 is 0 Å². The summed E-state index contributed by atoms with van der Waals surface area (Å²) in [6.45, 7) is 5.43. The molecule has 1 aliphatic heterocycles. The van der Waals surface area contributed by atoms with E-state index in [4.69, 9.17) is 0 Å². The fraction of sp³-hybridized carbons (Fsp3) is 0.438. The maximum absolute atomic E-state index is 11.7. The second-order valence-corrected chi connectivity index (χ2v) is 8.18. The SMILES string of the molecule is CCS(=O)(=O)N1CC(CNc2cc(C)nc(-c3cccnc3)n2)C1. The molecule has 1 saturated heterocycles. The maximum Gasteiger partial charge on any atom is 0.213 e. The standard InChI is InChI=1S/C16H21N5O2S/c1-3-24(22,23)21-10-13(11-21)8-18-15-7-12(2)19-16(20-15)14-5-4-6-17-9-14/h4-7,9,13H,3,8,10-11H2,1-2H3,(H,18,19,20). The van der Waals surface area contributed by atoms with Crippen molar-refractivity contribution in [2.24, 2.45) is 5.92 Å². The Balaban J connectivity index is 1.62. The molecule has 128 valence electrons. The Bertz CT molecular complexity index is 804. The van der Waals surface area contributed by atoms with Gasteiger partial charge in [0, 0.05) is 55.3 Å². The lowest BCUT2D eigenvalue weighted by Gasteiger charge is -2.38. The first-order valence-electron chi connectivity index (χ1n) is 7.95. The van der Waals surface area contributed by atoms with Crippen LogP contribution in [0.5, 0.6) is 0 Å². The van der Waals surface area contributed by atoms with Crippen molar-refractivity contribution >= 4 is 15.8 Å². The number of hydrogen-bond acceptors (Lipinski definition) is 6. The van der Waals surface area contributed by atoms with E-state index in [0.717, 1.165) is 17.1 Å². The van der Waals surface area contributed by atoms with E-state index in [2.05, 4.69) is 20.3 Å². The Morgan fingerprint density at radius 3 is 2.79 bits per heavy atom. The third-order valence-electron chi connectivity index (χ3n) is 4.03. The van der Waals surface area contributed by atoms with E-state index in [1.165, 1.54) is 4.31 Å². The molecule has 0 aliphatic carbocycles. The maximum atomic E-state index is 11.7. The van der Waals surface area contributed by atoms with Gasteiger partial charge < -0.3 is 5.32 Å². The number of anilines is 1. The molecule has 24 heavy (non-hydrogen) atoms. The van der Waals surface area contributed by atoms with E-state index >= 15 is 0 Å². The van der Waals surface area contributed by atoms with Crippen molar-refractivity contribution < 1.29 is 8.42 Å². The second-order valence-electron chi connectivity index (χ2n) is 5.92. The van der Waals surface area contributed by atoms with Crippen LogP contribution in [0.15, 0.2) is 30.6 Å². The Kier molecular flexibility index (Phi) is 4.77. The van der Waals surface area contributed by atoms with Crippen molar-refractivity contribution in [3.05, 3.63) is 36.3 Å². The number of pyridine rings is 1. The highest BCUT2D eigenvalue weighted by atomic mass is 32.2. The van der Waals surface area contributed by atoms with Crippen molar-refractivity contribution in [2.45, 2.75) is 13.8 Å². The molecule has 3 heterocycles. The molecule has 2 aromatic rings. The second kappa shape index (κ2) is 6.82. The molecular formula is C16H21N5O2S. The Morgan fingerprint density at radius 1 is 1.33 bits per heavy atom. The van der Waals surface area contributed by atoms with Crippen LogP contribution in [0.2, 0.25) is 0 Å². The van der Waals surface area contributed by atoms with E-state index < -0.39 is 10.0 Å². The lowest BCUT2D eigenvalue weighted by atomic mass is 10.0. The van der Waals surface area contributed by atoms with Crippen LogP contribution < -0.4 is 5.32 Å². The lowest BCUT2D eigenvalue weighted by molar-refractivity contribution is 0.212. The Hall–Kier alpha value is -2.06. The average molecular weight is 347 g/mol. The van der Waals surface area contributed by atoms with Crippen molar-refractivity contribution in [3.8, 4) is 11.4 Å². The normalized spacial score (nSPS) is 15.9. The Labute approximate surface area is 142 Å². The van der Waals surface area contributed by atoms with Gasteiger partial charge in [-0.2, -0.15) is 0 Å². The molecular weight excluding hydrogens is 326 g/mol. The average Bonchev–Trinajstić information content (AvgIpc) is 2.53. The number of nitrogens with zero attached hydrogens (tertiary/aromatic N) is 4. The molecule has 0 amide bonds. The minimum Gasteiger partial charge on any atom is -0.370 e. The third kappa shape index (κ3) is 3.70. The number of aromatic nitrogens is 3. The highest BCUT2D eigenvalue weighted by Crippen LogP contribution is 2.21. The summed E-state index contributed by atoms with van der Waals surface area (Å²) >= 11 is 0. The van der Waals surface area contributed by atoms with Crippen LogP contribution in [0.3, 0.4) is 0 Å². The molecule has 0 aromatic carbocycles. The van der Waals surface area contributed by atoms with Gasteiger partial charge in [0.2, 0.25) is 10.0 Å². The molecule has 3 rings (SSSR count). The molecule has 2 aromatic heterocycles. The van der Waals surface area contributed by atoms with Crippen molar-refractivity contribution in [3.63, 3.8) is 0 Å². The lowest BCUT2D eigenvalue weighted by Crippen LogP contribution is -2.52. The summed E-state index contributed by atoms with van der Waals surface area (Å²) in [4.78, 5) is 13.1. The number of hydrogen-bond donors (Lipinski definition) is 1. The molecule has 0 unspecified atom stereocenters. The van der Waals surface area contributed by atoms with Gasteiger partial charge in [-0.1, -0.05) is 0 Å². The topological polar surface area (TPSA) is 88.1 Å². The molecule has 7 nitrogen and oxygen atoms in total. The van der Waals surface area contributed by atoms with Gasteiger partial charge >= 0.3 is 0 Å². The minimum atomic E-state index is -3.05. The van der Waals surface area contributed by atoms with Crippen LogP contribution in [-0.4, -0.2) is 53.1 Å². The van der Waals surface area contributed by atoms with Crippen molar-refractivity contribution in [1.29, 1.82) is 0 Å². The predicted molar refractivity (Wildman–Crippen MR) is 93.0 cm³/mol. The summed E-state index contributed by atoms with van der Waals surface area (Å²) in [5, 5.41) is 3.29. The van der Waals surface area contributed by atoms with Crippen molar-refractivity contribution in [2.75, 3.05) is 30.7 Å². The van der Waals surface area contributed by atoms with Gasteiger partial charge in [-0.05, 0) is 26.0 Å². The van der Waals surface area contributed by atoms with Gasteiger partial charge in [0.25, 0.3) is 0 Å². The van der Waals surface area contributed by atoms with Crippen LogP contribution in [0.4, 0.5) is 5.82 Å². The summed E-state index contributed by atoms with van der Waals surface area (Å²) in [6, 6.07) is 5.66. The highest BCUT2D eigenvalue weighted by molar-refractivity contribution is 7.89. The summed E-state index contributed by atoms with van der Waals surface area (Å²) in [5.41, 5.74) is 1.74. The van der Waals surface area contributed by atoms with E-state index in [9.17, 15) is 8.42 Å². The molecule has 0 atom stereocenters. The van der Waals surface area contributed by atoms with Gasteiger partial charge in [-0.25, -0.2) is 22.7 Å². The molecule has 0 bridgehead atoms. The fourth-order valence-electron chi connectivity index (χ4n) is 2.59. The van der Waals surface area contributed by atoms with E-state index in [1.54, 1.807) is 19.3 Å². The minimum absolute atomic E-state index is 0.159. The molecule has 1 aliphatic rings. The monoisotopic (exact) mass is 347 g/mol. The summed E-state index contributed by atoms with van der Waals surface area (Å²) in [7, 11) is -3.05. The number of aryl methyl sites for hydroxylation is 1. The van der Waals surface area contributed by atoms with Gasteiger partial charge in [0.1, 0.15) is 5.82 Å². The summed E-state index contributed by atoms with van der Waals surface area (Å²) in [5.74, 6) is 1.85. The van der Waals surface area contributed by atoms with Crippen LogP contribution in [0.1, 0.15) is 12.6 Å². The van der Waals surface area contributed by atoms with Crippen LogP contribution in [0.25, 0.3) is 11.4 Å². The zero-order valence-electron chi connectivity index (χ0n) is 13.8. The fourth-order valence-corrected chi connectivity index (χ4v) is 3.83. The smallest absolute Gasteiger partial charge is 0.213 e. The molecule has 1 fully saturated rings. The zero-order valence-corrected chi connectivity index (χ0v) is 14.6. The molecule has 8 heteroatoms.